The van der Waals surface area contributed by atoms with Crippen LogP contribution in [0.3, 0.4) is 0 Å². The maximum absolute atomic E-state index is 12.8. The van der Waals surface area contributed by atoms with Crippen LogP contribution in [-0.4, -0.2) is 21.8 Å². The third-order valence-electron chi connectivity index (χ3n) is 5.54. The van der Waals surface area contributed by atoms with Crippen LogP contribution in [0.1, 0.15) is 62.9 Å². The summed E-state index contributed by atoms with van der Waals surface area (Å²) in [4.78, 5) is 18.3. The van der Waals surface area contributed by atoms with Crippen LogP contribution in [0.5, 0.6) is 0 Å². The van der Waals surface area contributed by atoms with Crippen molar-refractivity contribution < 1.29 is 4.79 Å². The molecule has 3 rings (SSSR count). The van der Waals surface area contributed by atoms with E-state index in [0.717, 1.165) is 42.3 Å². The average Bonchev–Trinajstić information content (AvgIpc) is 3.08. The van der Waals surface area contributed by atoms with Crippen molar-refractivity contribution in [1.82, 2.24) is 9.88 Å². The number of nitrogens with zero attached hydrogens (tertiary/aromatic N) is 1. The summed E-state index contributed by atoms with van der Waals surface area (Å²) in [6.45, 7) is 6.30. The Labute approximate surface area is 161 Å². The highest BCUT2D eigenvalue weighted by Crippen LogP contribution is 2.37. The molecule has 1 amide bonds. The van der Waals surface area contributed by atoms with Crippen molar-refractivity contribution in [3.63, 3.8) is 0 Å². The number of aromatic amines is 1. The number of carbonyl (C=O) groups excluding carboxylic acids is 1. The predicted molar refractivity (Wildman–Crippen MR) is 111 cm³/mol. The zero-order valence-electron chi connectivity index (χ0n) is 16.5. The summed E-state index contributed by atoms with van der Waals surface area (Å²) < 4.78 is 0. The molecular formula is C24H28N2O. The molecule has 2 aromatic rings. The van der Waals surface area contributed by atoms with Gasteiger partial charge in [-0.3, -0.25) is 4.79 Å². The third kappa shape index (κ3) is 3.45. The summed E-state index contributed by atoms with van der Waals surface area (Å²) in [5, 5.41) is 2.37. The van der Waals surface area contributed by atoms with Crippen molar-refractivity contribution in [2.24, 2.45) is 0 Å². The van der Waals surface area contributed by atoms with Crippen LogP contribution in [0.4, 0.5) is 0 Å². The summed E-state index contributed by atoms with van der Waals surface area (Å²) in [5.41, 5.74) is 3.51. The normalized spacial score (nSPS) is 20.4. The molecule has 27 heavy (non-hydrogen) atoms. The number of carbonyl (C=O) groups is 1. The van der Waals surface area contributed by atoms with E-state index < -0.39 is 0 Å². The van der Waals surface area contributed by atoms with E-state index in [9.17, 15) is 4.79 Å². The smallest absolute Gasteiger partial charge is 0.299 e. The van der Waals surface area contributed by atoms with Gasteiger partial charge in [-0.2, -0.15) is 0 Å². The number of hydrogen-bond donors (Lipinski definition) is 1. The number of rotatable bonds is 4. The SMILES string of the molecule is C#CC(=O)N1C(CCCC)Cc2c([nH]c(=C/C)/c2=C\C)C1c1ccccc1. The fourth-order valence-electron chi connectivity index (χ4n) is 4.29. The number of hydrogen-bond acceptors (Lipinski definition) is 1. The molecule has 1 N–H and O–H groups in total. The van der Waals surface area contributed by atoms with Crippen molar-refractivity contribution in [1.29, 1.82) is 0 Å². The largest absolute Gasteiger partial charge is 0.356 e. The topological polar surface area (TPSA) is 36.1 Å². The lowest BCUT2D eigenvalue weighted by Crippen LogP contribution is -2.48. The van der Waals surface area contributed by atoms with E-state index >= 15 is 0 Å². The highest BCUT2D eigenvalue weighted by Gasteiger charge is 2.39. The lowest BCUT2D eigenvalue weighted by molar-refractivity contribution is -0.130. The van der Waals surface area contributed by atoms with Gasteiger partial charge >= 0.3 is 0 Å². The Morgan fingerprint density at radius 1 is 1.30 bits per heavy atom. The van der Waals surface area contributed by atoms with Crippen LogP contribution in [0.2, 0.25) is 0 Å². The number of benzene rings is 1. The lowest BCUT2D eigenvalue weighted by atomic mass is 9.86. The van der Waals surface area contributed by atoms with Gasteiger partial charge in [0.15, 0.2) is 0 Å². The molecule has 2 heterocycles. The zero-order valence-corrected chi connectivity index (χ0v) is 16.5. The van der Waals surface area contributed by atoms with E-state index in [-0.39, 0.29) is 18.0 Å². The highest BCUT2D eigenvalue weighted by atomic mass is 16.2. The Morgan fingerprint density at radius 2 is 2.04 bits per heavy atom. The van der Waals surface area contributed by atoms with Crippen molar-refractivity contribution >= 4 is 18.1 Å². The molecule has 3 heteroatoms. The molecule has 0 spiro atoms. The second kappa shape index (κ2) is 8.31. The van der Waals surface area contributed by atoms with Crippen LogP contribution in [0.15, 0.2) is 30.3 Å². The first-order valence-corrected chi connectivity index (χ1v) is 9.83. The van der Waals surface area contributed by atoms with E-state index in [1.165, 1.54) is 10.8 Å². The molecule has 0 saturated heterocycles. The third-order valence-corrected chi connectivity index (χ3v) is 5.54. The molecule has 2 unspecified atom stereocenters. The minimum absolute atomic E-state index is 0.116. The van der Waals surface area contributed by atoms with Gasteiger partial charge in [-0.15, -0.1) is 6.42 Å². The van der Waals surface area contributed by atoms with Gasteiger partial charge in [0.1, 0.15) is 0 Å². The molecule has 1 aliphatic heterocycles. The number of terminal acetylenes is 1. The standard InChI is InChI=1S/C24H28N2O/c1-5-9-15-18-16-20-19(6-2)21(7-3)25-23(20)24(26(18)22(27)8-4)17-13-11-10-12-14-17/h4,6-7,10-14,18,24-25H,5,9,15-16H2,1-3H3/b19-6-,21-7+. The van der Waals surface area contributed by atoms with Crippen LogP contribution in [-0.2, 0) is 11.2 Å². The Hall–Kier alpha value is -2.73. The van der Waals surface area contributed by atoms with Gasteiger partial charge in [0.25, 0.3) is 5.91 Å². The molecule has 0 fully saturated rings. The molecule has 140 valence electrons. The number of unbranched alkanes of at least 4 members (excludes halogenated alkanes) is 1. The fraction of sp³-hybridized carbons (Fsp3) is 0.375. The Kier molecular flexibility index (Phi) is 5.86. The van der Waals surface area contributed by atoms with Gasteiger partial charge in [0.2, 0.25) is 0 Å². The van der Waals surface area contributed by atoms with E-state index in [4.69, 9.17) is 6.42 Å². The molecule has 1 aliphatic rings. The number of amides is 1. The van der Waals surface area contributed by atoms with E-state index in [0.29, 0.717) is 0 Å². The molecule has 0 aliphatic carbocycles. The molecular weight excluding hydrogens is 332 g/mol. The molecule has 3 nitrogen and oxygen atoms in total. The number of aromatic nitrogens is 1. The quantitative estimate of drug-likeness (QED) is 0.835. The lowest BCUT2D eigenvalue weighted by Gasteiger charge is -2.41. The van der Waals surface area contributed by atoms with Gasteiger partial charge in [-0.05, 0) is 49.0 Å². The number of H-pyrrole nitrogens is 1. The first-order chi connectivity index (χ1) is 13.2. The summed E-state index contributed by atoms with van der Waals surface area (Å²) >= 11 is 0. The van der Waals surface area contributed by atoms with Crippen LogP contribution in [0.25, 0.3) is 12.2 Å². The average molecular weight is 361 g/mol. The maximum Gasteiger partial charge on any atom is 0.299 e. The van der Waals surface area contributed by atoms with E-state index in [1.54, 1.807) is 0 Å². The predicted octanol–water partition coefficient (Wildman–Crippen LogP) is 3.28. The van der Waals surface area contributed by atoms with Crippen molar-refractivity contribution in [2.45, 2.75) is 58.5 Å². The van der Waals surface area contributed by atoms with Crippen molar-refractivity contribution in [2.75, 3.05) is 0 Å². The summed E-state index contributed by atoms with van der Waals surface area (Å²) in [5.74, 6) is 2.15. The zero-order chi connectivity index (χ0) is 19.4. The maximum atomic E-state index is 12.8. The van der Waals surface area contributed by atoms with Crippen molar-refractivity contribution in [3.05, 3.63) is 57.7 Å². The molecule has 0 radical (unpaired) electrons. The number of fused-ring (bicyclic) bond motifs is 1. The Balaban J connectivity index is 2.26. The summed E-state index contributed by atoms with van der Waals surface area (Å²) in [6, 6.07) is 10.1. The van der Waals surface area contributed by atoms with Crippen LogP contribution in [0, 0.1) is 12.3 Å². The Morgan fingerprint density at radius 3 is 2.63 bits per heavy atom. The number of nitrogens with one attached hydrogen (secondary N) is 1. The Bertz CT molecular complexity index is 962. The van der Waals surface area contributed by atoms with Gasteiger partial charge < -0.3 is 9.88 Å². The summed E-state index contributed by atoms with van der Waals surface area (Å²) in [6.07, 6.45) is 13.8. The second-order valence-electron chi connectivity index (χ2n) is 7.09. The van der Waals surface area contributed by atoms with Gasteiger partial charge in [0, 0.05) is 17.1 Å². The first kappa shape index (κ1) is 19.0. The minimum atomic E-state index is -0.228. The fourth-order valence-corrected chi connectivity index (χ4v) is 4.29. The first-order valence-electron chi connectivity index (χ1n) is 9.83. The monoisotopic (exact) mass is 360 g/mol. The minimum Gasteiger partial charge on any atom is -0.356 e. The summed E-state index contributed by atoms with van der Waals surface area (Å²) in [7, 11) is 0. The van der Waals surface area contributed by atoms with Crippen LogP contribution >= 0.6 is 0 Å². The second-order valence-corrected chi connectivity index (χ2v) is 7.09. The van der Waals surface area contributed by atoms with Gasteiger partial charge in [-0.1, -0.05) is 62.2 Å². The molecule has 1 aromatic carbocycles. The molecule has 1 aromatic heterocycles. The van der Waals surface area contributed by atoms with Gasteiger partial charge in [-0.25, -0.2) is 0 Å². The van der Waals surface area contributed by atoms with E-state index in [2.05, 4.69) is 49.0 Å². The van der Waals surface area contributed by atoms with Crippen LogP contribution < -0.4 is 10.6 Å². The molecule has 0 bridgehead atoms. The van der Waals surface area contributed by atoms with Gasteiger partial charge in [0.05, 0.1) is 6.04 Å². The molecule has 0 saturated carbocycles. The van der Waals surface area contributed by atoms with Crippen molar-refractivity contribution in [3.8, 4) is 12.3 Å². The van der Waals surface area contributed by atoms with E-state index in [1.807, 2.05) is 30.0 Å². The molecule has 2 atom stereocenters. The highest BCUT2D eigenvalue weighted by molar-refractivity contribution is 5.94.